The molecule has 1 aliphatic rings. The Hall–Kier alpha value is -1.08. The molecule has 0 spiro atoms. The van der Waals surface area contributed by atoms with Crippen molar-refractivity contribution in [3.05, 3.63) is 11.7 Å². The summed E-state index contributed by atoms with van der Waals surface area (Å²) >= 11 is 0. The average Bonchev–Trinajstić information content (AvgIpc) is 2.80. The molecule has 2 rings (SSSR count). The second-order valence-corrected chi connectivity index (χ2v) is 4.55. The lowest BCUT2D eigenvalue weighted by Gasteiger charge is -2.38. The smallest absolute Gasteiger partial charge is 0.315 e. The normalized spacial score (nSPS) is 18.9. The monoisotopic (exact) mass is 246 g/mol. The summed E-state index contributed by atoms with van der Waals surface area (Å²) in [6.07, 6.45) is -2.71. The van der Waals surface area contributed by atoms with Crippen molar-refractivity contribution in [3.8, 4) is 0 Å². The third-order valence-corrected chi connectivity index (χ3v) is 3.08. The molecular weight excluding hydrogens is 230 g/mol. The van der Waals surface area contributed by atoms with E-state index in [0.717, 1.165) is 26.2 Å². The molecule has 96 valence electrons. The average molecular weight is 246 g/mol. The number of rotatable bonds is 3. The lowest BCUT2D eigenvalue weighted by molar-refractivity contribution is 0.0917. The molecule has 2 heterocycles. The van der Waals surface area contributed by atoms with E-state index in [-0.39, 0.29) is 0 Å². The molecule has 1 aromatic heterocycles. The van der Waals surface area contributed by atoms with Crippen molar-refractivity contribution >= 4 is 0 Å². The Morgan fingerprint density at radius 3 is 2.53 bits per heavy atom. The van der Waals surface area contributed by atoms with Crippen molar-refractivity contribution in [2.75, 3.05) is 26.2 Å². The van der Waals surface area contributed by atoms with Gasteiger partial charge in [0.25, 0.3) is 5.89 Å². The molecule has 5 nitrogen and oxygen atoms in total. The third-order valence-electron chi connectivity index (χ3n) is 3.08. The second-order valence-electron chi connectivity index (χ2n) is 4.55. The van der Waals surface area contributed by atoms with Gasteiger partial charge >= 0.3 is 6.43 Å². The number of hydrogen-bond donors (Lipinski definition) is 1. The minimum absolute atomic E-state index is 0.315. The Balaban J connectivity index is 2.17. The first-order chi connectivity index (χ1) is 8.01. The van der Waals surface area contributed by atoms with Crippen LogP contribution >= 0.6 is 0 Å². The zero-order valence-corrected chi connectivity index (χ0v) is 9.91. The Kier molecular flexibility index (Phi) is 3.39. The van der Waals surface area contributed by atoms with Crippen molar-refractivity contribution in [1.29, 1.82) is 0 Å². The number of halogens is 2. The molecule has 1 N–H and O–H groups in total. The number of alkyl halides is 2. The van der Waals surface area contributed by atoms with Crippen molar-refractivity contribution in [3.63, 3.8) is 0 Å². The predicted molar refractivity (Wildman–Crippen MR) is 56.7 cm³/mol. The van der Waals surface area contributed by atoms with E-state index in [1.54, 1.807) is 0 Å². The highest BCUT2D eigenvalue weighted by molar-refractivity contribution is 5.03. The molecule has 0 unspecified atom stereocenters. The molecule has 1 saturated heterocycles. The maximum absolute atomic E-state index is 12.4. The van der Waals surface area contributed by atoms with Crippen molar-refractivity contribution in [2.45, 2.75) is 25.8 Å². The Labute approximate surface area is 98.2 Å². The molecule has 0 atom stereocenters. The van der Waals surface area contributed by atoms with E-state index in [1.165, 1.54) is 0 Å². The fourth-order valence-electron chi connectivity index (χ4n) is 1.94. The quantitative estimate of drug-likeness (QED) is 0.867. The molecule has 1 aliphatic heterocycles. The Morgan fingerprint density at radius 1 is 1.35 bits per heavy atom. The molecule has 0 saturated carbocycles. The van der Waals surface area contributed by atoms with Gasteiger partial charge in [-0.1, -0.05) is 5.16 Å². The van der Waals surface area contributed by atoms with Crippen LogP contribution in [-0.4, -0.2) is 41.2 Å². The summed E-state index contributed by atoms with van der Waals surface area (Å²) in [7, 11) is 0. The molecular formula is C10H16F2N4O. The topological polar surface area (TPSA) is 54.2 Å². The van der Waals surface area contributed by atoms with Crippen LogP contribution in [0.4, 0.5) is 8.78 Å². The van der Waals surface area contributed by atoms with Gasteiger partial charge < -0.3 is 9.84 Å². The van der Waals surface area contributed by atoms with Gasteiger partial charge in [-0.15, -0.1) is 0 Å². The van der Waals surface area contributed by atoms with Gasteiger partial charge in [-0.3, -0.25) is 4.90 Å². The van der Waals surface area contributed by atoms with Gasteiger partial charge in [-0.05, 0) is 13.8 Å². The van der Waals surface area contributed by atoms with E-state index in [1.807, 2.05) is 13.8 Å². The number of nitrogens with one attached hydrogen (secondary N) is 1. The highest BCUT2D eigenvalue weighted by Gasteiger charge is 2.35. The van der Waals surface area contributed by atoms with Crippen LogP contribution in [0.15, 0.2) is 4.52 Å². The fraction of sp³-hybridized carbons (Fsp3) is 0.800. The van der Waals surface area contributed by atoms with Crippen LogP contribution in [0, 0.1) is 0 Å². The van der Waals surface area contributed by atoms with Crippen LogP contribution in [0.2, 0.25) is 0 Å². The summed E-state index contributed by atoms with van der Waals surface area (Å²) < 4.78 is 29.3. The molecule has 0 amide bonds. The largest absolute Gasteiger partial charge is 0.333 e. The minimum Gasteiger partial charge on any atom is -0.333 e. The summed E-state index contributed by atoms with van der Waals surface area (Å²) in [5.74, 6) is -0.294. The standard InChI is InChI=1S/C10H16F2N4O/c1-10(2,16-5-3-13-4-6-16)9-14-8(7(11)12)17-15-9/h7,13H,3-6H2,1-2H3. The van der Waals surface area contributed by atoms with E-state index < -0.39 is 17.9 Å². The van der Waals surface area contributed by atoms with Gasteiger partial charge in [0.05, 0.1) is 5.54 Å². The Bertz CT molecular complexity index is 374. The first-order valence-electron chi connectivity index (χ1n) is 5.60. The summed E-state index contributed by atoms with van der Waals surface area (Å²) in [5.41, 5.74) is -0.487. The van der Waals surface area contributed by atoms with Gasteiger partial charge in [0.1, 0.15) is 0 Å². The lowest BCUT2D eigenvalue weighted by atomic mass is 10.0. The van der Waals surface area contributed by atoms with E-state index >= 15 is 0 Å². The van der Waals surface area contributed by atoms with Gasteiger partial charge in [-0.2, -0.15) is 13.8 Å². The number of nitrogens with zero attached hydrogens (tertiary/aromatic N) is 3. The molecule has 17 heavy (non-hydrogen) atoms. The van der Waals surface area contributed by atoms with E-state index in [2.05, 4.69) is 24.9 Å². The Morgan fingerprint density at radius 2 is 2.00 bits per heavy atom. The van der Waals surface area contributed by atoms with E-state index in [9.17, 15) is 8.78 Å². The number of hydrogen-bond acceptors (Lipinski definition) is 5. The van der Waals surface area contributed by atoms with E-state index in [0.29, 0.717) is 5.82 Å². The lowest BCUT2D eigenvalue weighted by Crippen LogP contribution is -2.52. The number of aromatic nitrogens is 2. The van der Waals surface area contributed by atoms with Gasteiger partial charge in [0.2, 0.25) is 0 Å². The first kappa shape index (κ1) is 12.4. The third kappa shape index (κ3) is 2.44. The zero-order chi connectivity index (χ0) is 12.5. The molecule has 1 fully saturated rings. The molecule has 0 aromatic carbocycles. The summed E-state index contributed by atoms with van der Waals surface area (Å²) in [6, 6.07) is 0. The molecule has 0 radical (unpaired) electrons. The van der Waals surface area contributed by atoms with Crippen LogP contribution in [-0.2, 0) is 5.54 Å². The van der Waals surface area contributed by atoms with Crippen molar-refractivity contribution < 1.29 is 13.3 Å². The van der Waals surface area contributed by atoms with Crippen LogP contribution in [0.25, 0.3) is 0 Å². The maximum Gasteiger partial charge on any atom is 0.315 e. The van der Waals surface area contributed by atoms with Crippen LogP contribution in [0.1, 0.15) is 32.0 Å². The highest BCUT2D eigenvalue weighted by atomic mass is 19.3. The van der Waals surface area contributed by atoms with Crippen molar-refractivity contribution in [2.24, 2.45) is 0 Å². The van der Waals surface area contributed by atoms with Crippen LogP contribution in [0.5, 0.6) is 0 Å². The summed E-state index contributed by atoms with van der Waals surface area (Å²) in [4.78, 5) is 5.92. The van der Waals surface area contributed by atoms with Gasteiger partial charge in [0.15, 0.2) is 5.82 Å². The molecule has 0 bridgehead atoms. The van der Waals surface area contributed by atoms with Gasteiger partial charge in [-0.25, -0.2) is 0 Å². The predicted octanol–water partition coefficient (Wildman–Crippen LogP) is 1.15. The zero-order valence-electron chi connectivity index (χ0n) is 9.91. The summed E-state index contributed by atoms with van der Waals surface area (Å²) in [5, 5.41) is 6.89. The summed E-state index contributed by atoms with van der Waals surface area (Å²) in [6.45, 7) is 7.26. The molecule has 7 heteroatoms. The number of piperazine rings is 1. The van der Waals surface area contributed by atoms with Crippen LogP contribution < -0.4 is 5.32 Å². The van der Waals surface area contributed by atoms with Crippen molar-refractivity contribution in [1.82, 2.24) is 20.4 Å². The SMILES string of the molecule is CC(C)(c1noc(C(F)F)n1)N1CCNCC1. The van der Waals surface area contributed by atoms with Gasteiger partial charge in [0, 0.05) is 26.2 Å². The minimum atomic E-state index is -2.71. The van der Waals surface area contributed by atoms with E-state index in [4.69, 9.17) is 0 Å². The highest BCUT2D eigenvalue weighted by Crippen LogP contribution is 2.27. The second kappa shape index (κ2) is 4.66. The maximum atomic E-state index is 12.4. The van der Waals surface area contributed by atoms with Crippen LogP contribution in [0.3, 0.4) is 0 Å². The molecule has 0 aliphatic carbocycles. The fourth-order valence-corrected chi connectivity index (χ4v) is 1.94. The molecule has 1 aromatic rings. The first-order valence-corrected chi connectivity index (χ1v) is 5.60.